The molecule has 1 saturated heterocycles. The predicted molar refractivity (Wildman–Crippen MR) is 126 cm³/mol. The van der Waals surface area contributed by atoms with E-state index >= 15 is 0 Å². The number of aromatic nitrogens is 2. The van der Waals surface area contributed by atoms with Gasteiger partial charge in [-0.15, -0.1) is 11.3 Å². The quantitative estimate of drug-likeness (QED) is 0.620. The Morgan fingerprint density at radius 1 is 1.18 bits per heavy atom. The smallest absolute Gasteiger partial charge is 0.262 e. The number of hydrogen-bond acceptors (Lipinski definition) is 5. The maximum Gasteiger partial charge on any atom is 0.262 e. The summed E-state index contributed by atoms with van der Waals surface area (Å²) in [7, 11) is 0. The molecule has 3 aromatic rings. The molecule has 33 heavy (non-hydrogen) atoms. The van der Waals surface area contributed by atoms with Gasteiger partial charge in [-0.3, -0.25) is 19.0 Å². The zero-order chi connectivity index (χ0) is 23.7. The van der Waals surface area contributed by atoms with Crippen molar-refractivity contribution in [3.8, 4) is 0 Å². The van der Waals surface area contributed by atoms with E-state index in [2.05, 4.69) is 24.1 Å². The average Bonchev–Trinajstić information content (AvgIpc) is 3.11. The van der Waals surface area contributed by atoms with Gasteiger partial charge in [0.05, 0.1) is 16.6 Å². The minimum atomic E-state index is -0.337. The molecule has 3 heterocycles. The summed E-state index contributed by atoms with van der Waals surface area (Å²) in [5, 5.41) is 3.17. The minimum absolute atomic E-state index is 0.0669. The summed E-state index contributed by atoms with van der Waals surface area (Å²) < 4.78 is 14.4. The van der Waals surface area contributed by atoms with Crippen molar-refractivity contribution in [2.45, 2.75) is 40.3 Å². The predicted octanol–water partition coefficient (Wildman–Crippen LogP) is 3.34. The maximum absolute atomic E-state index is 13.1. The van der Waals surface area contributed by atoms with Gasteiger partial charge in [-0.25, -0.2) is 9.37 Å². The summed E-state index contributed by atoms with van der Waals surface area (Å²) in [6.07, 6.45) is 2.48. The van der Waals surface area contributed by atoms with Crippen LogP contribution in [0.1, 0.15) is 41.1 Å². The van der Waals surface area contributed by atoms with Crippen LogP contribution in [0.2, 0.25) is 0 Å². The lowest BCUT2D eigenvalue weighted by atomic mass is 9.92. The van der Waals surface area contributed by atoms with Gasteiger partial charge in [0.1, 0.15) is 17.2 Å². The van der Waals surface area contributed by atoms with Crippen molar-refractivity contribution in [2.75, 3.05) is 13.1 Å². The van der Waals surface area contributed by atoms with Gasteiger partial charge in [-0.2, -0.15) is 0 Å². The Hall–Kier alpha value is -3.07. The summed E-state index contributed by atoms with van der Waals surface area (Å²) >= 11 is 1.15. The molecule has 174 valence electrons. The molecule has 1 fully saturated rings. The Bertz CT molecular complexity index is 1240. The number of aryl methyl sites for hydroxylation is 1. The van der Waals surface area contributed by atoms with Crippen molar-refractivity contribution >= 4 is 33.4 Å². The van der Waals surface area contributed by atoms with Crippen molar-refractivity contribution in [2.24, 2.45) is 11.8 Å². The summed E-state index contributed by atoms with van der Waals surface area (Å²) in [6, 6.07) is 5.89. The molecule has 2 aromatic heterocycles. The van der Waals surface area contributed by atoms with E-state index in [9.17, 15) is 18.8 Å². The first-order valence-electron chi connectivity index (χ1n) is 11.0. The molecule has 1 aliphatic heterocycles. The fourth-order valence-corrected chi connectivity index (χ4v) is 5.52. The van der Waals surface area contributed by atoms with Crippen LogP contribution in [0, 0.1) is 24.6 Å². The number of fused-ring (bicyclic) bond motifs is 1. The second kappa shape index (κ2) is 9.43. The van der Waals surface area contributed by atoms with Gasteiger partial charge in [-0.05, 0) is 48.4 Å². The van der Waals surface area contributed by atoms with Crippen molar-refractivity contribution in [3.63, 3.8) is 0 Å². The van der Waals surface area contributed by atoms with Gasteiger partial charge >= 0.3 is 0 Å². The van der Waals surface area contributed by atoms with Crippen LogP contribution in [0.4, 0.5) is 4.39 Å². The van der Waals surface area contributed by atoms with Crippen LogP contribution in [0.15, 0.2) is 35.4 Å². The molecular weight excluding hydrogens is 443 g/mol. The second-order valence-electron chi connectivity index (χ2n) is 8.97. The summed E-state index contributed by atoms with van der Waals surface area (Å²) in [6.45, 7) is 7.55. The molecule has 1 aromatic carbocycles. The monoisotopic (exact) mass is 470 g/mol. The molecule has 0 saturated carbocycles. The van der Waals surface area contributed by atoms with Crippen LogP contribution < -0.4 is 10.9 Å². The largest absolute Gasteiger partial charge is 0.347 e. The highest BCUT2D eigenvalue weighted by Crippen LogP contribution is 2.27. The lowest BCUT2D eigenvalue weighted by Crippen LogP contribution is -2.44. The number of rotatable bonds is 5. The molecule has 7 nitrogen and oxygen atoms in total. The normalized spacial score (nSPS) is 18.5. The average molecular weight is 471 g/mol. The van der Waals surface area contributed by atoms with Crippen LogP contribution in [-0.4, -0.2) is 39.4 Å². The van der Waals surface area contributed by atoms with E-state index in [1.54, 1.807) is 19.1 Å². The van der Waals surface area contributed by atoms with Gasteiger partial charge in [0.15, 0.2) is 0 Å². The number of likely N-dealkylation sites (tertiary alicyclic amines) is 1. The third-order valence-electron chi connectivity index (χ3n) is 6.02. The zero-order valence-corrected chi connectivity index (χ0v) is 19.7. The van der Waals surface area contributed by atoms with Crippen LogP contribution in [0.3, 0.4) is 0 Å². The third-order valence-corrected chi connectivity index (χ3v) is 7.22. The van der Waals surface area contributed by atoms with Gasteiger partial charge in [0.25, 0.3) is 11.5 Å². The van der Waals surface area contributed by atoms with Gasteiger partial charge in [0.2, 0.25) is 5.91 Å². The molecule has 2 amide bonds. The number of carbonyl (C=O) groups excluding carboxylic acids is 2. The lowest BCUT2D eigenvalue weighted by Gasteiger charge is -2.35. The molecule has 0 aliphatic carbocycles. The summed E-state index contributed by atoms with van der Waals surface area (Å²) in [5.74, 6) is 0.116. The number of carbonyl (C=O) groups is 2. The highest BCUT2D eigenvalue weighted by atomic mass is 32.1. The standard InChI is InChI=1S/C24H27FN4O3S/c1-14-8-15(2)11-28(10-14)19(30)12-29-13-27-23-20(24(29)32)16(3)21(33-23)22(31)26-9-17-4-6-18(25)7-5-17/h4-7,13-15H,8-12H2,1-3H3,(H,26,31)/t14-,15-/m0/s1. The molecule has 0 spiro atoms. The van der Waals surface area contributed by atoms with Crippen LogP contribution in [-0.2, 0) is 17.9 Å². The second-order valence-corrected chi connectivity index (χ2v) is 9.97. The van der Waals surface area contributed by atoms with Crippen LogP contribution in [0.25, 0.3) is 10.2 Å². The number of piperidine rings is 1. The molecular formula is C24H27FN4O3S. The van der Waals surface area contributed by atoms with E-state index < -0.39 is 0 Å². The number of nitrogens with zero attached hydrogens (tertiary/aromatic N) is 3. The van der Waals surface area contributed by atoms with Gasteiger partial charge < -0.3 is 10.2 Å². The number of hydrogen-bond donors (Lipinski definition) is 1. The van der Waals surface area contributed by atoms with Gasteiger partial charge in [-0.1, -0.05) is 26.0 Å². The number of benzene rings is 1. The molecule has 1 N–H and O–H groups in total. The molecule has 4 rings (SSSR count). The number of amides is 2. The number of nitrogens with one attached hydrogen (secondary N) is 1. The van der Waals surface area contributed by atoms with Crippen molar-refractivity contribution in [1.82, 2.24) is 19.8 Å². The molecule has 0 radical (unpaired) electrons. The first kappa shape index (κ1) is 23.1. The Morgan fingerprint density at radius 3 is 2.52 bits per heavy atom. The van der Waals surface area contributed by atoms with E-state index in [-0.39, 0.29) is 36.3 Å². The summed E-state index contributed by atoms with van der Waals surface area (Å²) in [4.78, 5) is 45.8. The SMILES string of the molecule is Cc1c(C(=O)NCc2ccc(F)cc2)sc2ncn(CC(=O)N3C[C@@H](C)C[C@H](C)C3)c(=O)c12. The Kier molecular flexibility index (Phi) is 6.60. The molecule has 9 heteroatoms. The Balaban J connectivity index is 1.52. The van der Waals surface area contributed by atoms with Crippen LogP contribution >= 0.6 is 11.3 Å². The first-order chi connectivity index (χ1) is 15.7. The van der Waals surface area contributed by atoms with Crippen molar-refractivity contribution in [3.05, 3.63) is 62.8 Å². The van der Waals surface area contributed by atoms with Crippen molar-refractivity contribution < 1.29 is 14.0 Å². The van der Waals surface area contributed by atoms with E-state index in [0.717, 1.165) is 23.3 Å². The fourth-order valence-electron chi connectivity index (χ4n) is 4.47. The van der Waals surface area contributed by atoms with Gasteiger partial charge in [0, 0.05) is 19.6 Å². The first-order valence-corrected chi connectivity index (χ1v) is 11.8. The Morgan fingerprint density at radius 2 is 1.85 bits per heavy atom. The van der Waals surface area contributed by atoms with E-state index in [4.69, 9.17) is 0 Å². The highest BCUT2D eigenvalue weighted by molar-refractivity contribution is 7.20. The molecule has 2 atom stereocenters. The minimum Gasteiger partial charge on any atom is -0.347 e. The third kappa shape index (κ3) is 4.98. The van der Waals surface area contributed by atoms with E-state index in [1.807, 2.05) is 4.90 Å². The molecule has 1 aliphatic rings. The van der Waals surface area contributed by atoms with Crippen LogP contribution in [0.5, 0.6) is 0 Å². The topological polar surface area (TPSA) is 84.3 Å². The van der Waals surface area contributed by atoms with Crippen molar-refractivity contribution in [1.29, 1.82) is 0 Å². The highest BCUT2D eigenvalue weighted by Gasteiger charge is 2.26. The number of thiophene rings is 1. The fraction of sp³-hybridized carbons (Fsp3) is 0.417. The molecule has 0 bridgehead atoms. The summed E-state index contributed by atoms with van der Waals surface area (Å²) in [5.41, 5.74) is 0.993. The maximum atomic E-state index is 13.1. The molecule has 0 unspecified atom stereocenters. The number of halogens is 1. The zero-order valence-electron chi connectivity index (χ0n) is 18.9. The van der Waals surface area contributed by atoms with E-state index in [1.165, 1.54) is 23.0 Å². The van der Waals surface area contributed by atoms with E-state index in [0.29, 0.717) is 45.6 Å². The Labute approximate surface area is 195 Å². The lowest BCUT2D eigenvalue weighted by molar-refractivity contribution is -0.134.